The number of aryl methyl sites for hydroxylation is 2. The van der Waals surface area contributed by atoms with Gasteiger partial charge in [0.25, 0.3) is 5.91 Å². The monoisotopic (exact) mass is 434 g/mol. The molecule has 1 N–H and O–H groups in total. The van der Waals surface area contributed by atoms with E-state index in [4.69, 9.17) is 9.47 Å². The summed E-state index contributed by atoms with van der Waals surface area (Å²) in [6, 6.07) is 9.67. The zero-order valence-corrected chi connectivity index (χ0v) is 17.2. The van der Waals surface area contributed by atoms with Gasteiger partial charge in [-0.05, 0) is 56.2 Å². The second-order valence-corrected chi connectivity index (χ2v) is 7.71. The van der Waals surface area contributed by atoms with Crippen LogP contribution in [0.2, 0.25) is 0 Å². The van der Waals surface area contributed by atoms with Crippen molar-refractivity contribution in [2.45, 2.75) is 20.8 Å². The Bertz CT molecular complexity index is 932. The zero-order chi connectivity index (χ0) is 18.7. The third-order valence-corrected chi connectivity index (χ3v) is 5.09. The summed E-state index contributed by atoms with van der Waals surface area (Å²) in [5.41, 5.74) is 2.72. The topological polar surface area (TPSA) is 60.5 Å². The molecule has 0 saturated heterocycles. The third kappa shape index (κ3) is 4.16. The van der Waals surface area contributed by atoms with Crippen LogP contribution in [0.25, 0.3) is 10.2 Å². The van der Waals surface area contributed by atoms with Crippen molar-refractivity contribution in [3.8, 4) is 11.5 Å². The van der Waals surface area contributed by atoms with Crippen LogP contribution in [-0.2, 0) is 4.79 Å². The minimum Gasteiger partial charge on any atom is -0.492 e. The van der Waals surface area contributed by atoms with E-state index >= 15 is 0 Å². The van der Waals surface area contributed by atoms with Crippen LogP contribution in [0, 0.1) is 13.8 Å². The van der Waals surface area contributed by atoms with E-state index in [-0.39, 0.29) is 12.5 Å². The van der Waals surface area contributed by atoms with Gasteiger partial charge in [-0.25, -0.2) is 4.98 Å². The standard InChI is InChI=1S/C19H19BrN2O3S/c1-4-24-14-6-5-7-15-17(14)22-19(26-15)21-16(23)10-25-18-11(2)8-13(20)9-12(18)3/h5-9H,4,10H2,1-3H3,(H,21,22,23). The highest BCUT2D eigenvalue weighted by molar-refractivity contribution is 9.10. The van der Waals surface area contributed by atoms with Crippen molar-refractivity contribution in [3.63, 3.8) is 0 Å². The lowest BCUT2D eigenvalue weighted by atomic mass is 10.1. The first-order chi connectivity index (χ1) is 12.5. The Hall–Kier alpha value is -2.12. The van der Waals surface area contributed by atoms with Gasteiger partial charge < -0.3 is 9.47 Å². The predicted molar refractivity (Wildman–Crippen MR) is 109 cm³/mol. The molecule has 7 heteroatoms. The minimum atomic E-state index is -0.247. The van der Waals surface area contributed by atoms with E-state index < -0.39 is 0 Å². The molecule has 0 unspecified atom stereocenters. The summed E-state index contributed by atoms with van der Waals surface area (Å²) in [6.07, 6.45) is 0. The molecule has 3 rings (SSSR count). The van der Waals surface area contributed by atoms with Gasteiger partial charge in [-0.15, -0.1) is 0 Å². The number of halogens is 1. The first kappa shape index (κ1) is 18.7. The molecule has 1 aromatic heterocycles. The van der Waals surface area contributed by atoms with Gasteiger partial charge in [0, 0.05) is 4.47 Å². The number of aromatic nitrogens is 1. The maximum absolute atomic E-state index is 12.3. The van der Waals surface area contributed by atoms with E-state index in [2.05, 4.69) is 26.2 Å². The summed E-state index contributed by atoms with van der Waals surface area (Å²) in [6.45, 7) is 6.33. The predicted octanol–water partition coefficient (Wildman–Crippen LogP) is 5.09. The SMILES string of the molecule is CCOc1cccc2sc(NC(=O)COc3c(C)cc(Br)cc3C)nc12. The third-order valence-electron chi connectivity index (χ3n) is 3.70. The minimum absolute atomic E-state index is 0.0719. The van der Waals surface area contributed by atoms with Gasteiger partial charge in [-0.3, -0.25) is 10.1 Å². The first-order valence-corrected chi connectivity index (χ1v) is 9.80. The zero-order valence-electron chi connectivity index (χ0n) is 14.8. The lowest BCUT2D eigenvalue weighted by molar-refractivity contribution is -0.118. The van der Waals surface area contributed by atoms with Crippen molar-refractivity contribution < 1.29 is 14.3 Å². The first-order valence-electron chi connectivity index (χ1n) is 8.19. The number of hydrogen-bond donors (Lipinski definition) is 1. The number of nitrogens with one attached hydrogen (secondary N) is 1. The summed E-state index contributed by atoms with van der Waals surface area (Å²) in [5, 5.41) is 3.33. The van der Waals surface area contributed by atoms with E-state index in [0.29, 0.717) is 11.7 Å². The molecule has 1 heterocycles. The number of carbonyl (C=O) groups is 1. The number of benzene rings is 2. The van der Waals surface area contributed by atoms with Crippen molar-refractivity contribution in [3.05, 3.63) is 45.9 Å². The number of nitrogens with zero attached hydrogens (tertiary/aromatic N) is 1. The van der Waals surface area contributed by atoms with Gasteiger partial charge in [-0.1, -0.05) is 33.3 Å². The van der Waals surface area contributed by atoms with Crippen molar-refractivity contribution in [1.82, 2.24) is 4.98 Å². The molecule has 26 heavy (non-hydrogen) atoms. The summed E-state index contributed by atoms with van der Waals surface area (Å²) >= 11 is 4.86. The van der Waals surface area contributed by atoms with Crippen molar-refractivity contribution in [2.24, 2.45) is 0 Å². The van der Waals surface area contributed by atoms with Crippen molar-refractivity contribution in [1.29, 1.82) is 0 Å². The van der Waals surface area contributed by atoms with Gasteiger partial charge in [0.15, 0.2) is 11.7 Å². The van der Waals surface area contributed by atoms with E-state index in [1.807, 2.05) is 51.1 Å². The fourth-order valence-electron chi connectivity index (χ4n) is 2.67. The number of fused-ring (bicyclic) bond motifs is 1. The molecule has 0 radical (unpaired) electrons. The van der Waals surface area contributed by atoms with Crippen LogP contribution in [-0.4, -0.2) is 24.1 Å². The highest BCUT2D eigenvalue weighted by Crippen LogP contribution is 2.32. The van der Waals surface area contributed by atoms with Crippen LogP contribution in [0.4, 0.5) is 5.13 Å². The average molecular weight is 435 g/mol. The van der Waals surface area contributed by atoms with Gasteiger partial charge in [0.2, 0.25) is 0 Å². The van der Waals surface area contributed by atoms with Crippen molar-refractivity contribution >= 4 is 48.5 Å². The molecule has 5 nitrogen and oxygen atoms in total. The Balaban J connectivity index is 1.69. The smallest absolute Gasteiger partial charge is 0.264 e. The highest BCUT2D eigenvalue weighted by atomic mass is 79.9. The number of hydrogen-bond acceptors (Lipinski definition) is 5. The number of amides is 1. The summed E-state index contributed by atoms with van der Waals surface area (Å²) in [4.78, 5) is 16.7. The molecule has 0 spiro atoms. The fourth-order valence-corrected chi connectivity index (χ4v) is 4.25. The normalized spacial score (nSPS) is 10.8. The fraction of sp³-hybridized carbons (Fsp3) is 0.263. The molecule has 2 aromatic carbocycles. The van der Waals surface area contributed by atoms with Crippen LogP contribution < -0.4 is 14.8 Å². The Kier molecular flexibility index (Phi) is 5.78. The number of anilines is 1. The number of para-hydroxylation sites is 1. The van der Waals surface area contributed by atoms with E-state index in [1.54, 1.807) is 0 Å². The van der Waals surface area contributed by atoms with Crippen LogP contribution >= 0.6 is 27.3 Å². The maximum atomic E-state index is 12.3. The van der Waals surface area contributed by atoms with E-state index in [1.165, 1.54) is 11.3 Å². The largest absolute Gasteiger partial charge is 0.492 e. The molecular formula is C19H19BrN2O3S. The average Bonchev–Trinajstić information content (AvgIpc) is 2.97. The molecule has 0 aliphatic heterocycles. The van der Waals surface area contributed by atoms with Gasteiger partial charge in [-0.2, -0.15) is 0 Å². The maximum Gasteiger partial charge on any atom is 0.264 e. The molecule has 1 amide bonds. The number of carbonyl (C=O) groups excluding carboxylic acids is 1. The second kappa shape index (κ2) is 8.05. The quantitative estimate of drug-likeness (QED) is 0.586. The van der Waals surface area contributed by atoms with Crippen LogP contribution in [0.1, 0.15) is 18.1 Å². The molecule has 136 valence electrons. The molecule has 0 saturated carbocycles. The van der Waals surface area contributed by atoms with E-state index in [0.717, 1.165) is 37.3 Å². The molecule has 0 bridgehead atoms. The van der Waals surface area contributed by atoms with Gasteiger partial charge in [0.1, 0.15) is 17.0 Å². The Morgan fingerprint density at radius 1 is 1.23 bits per heavy atom. The van der Waals surface area contributed by atoms with Gasteiger partial charge >= 0.3 is 0 Å². The number of thiazole rings is 1. The molecule has 0 aliphatic rings. The van der Waals surface area contributed by atoms with Crippen LogP contribution in [0.15, 0.2) is 34.8 Å². The summed E-state index contributed by atoms with van der Waals surface area (Å²) in [7, 11) is 0. The van der Waals surface area contributed by atoms with Crippen LogP contribution in [0.5, 0.6) is 11.5 Å². The molecular weight excluding hydrogens is 416 g/mol. The highest BCUT2D eigenvalue weighted by Gasteiger charge is 2.13. The molecule has 3 aromatic rings. The Labute approximate surface area is 164 Å². The Morgan fingerprint density at radius 3 is 2.65 bits per heavy atom. The number of ether oxygens (including phenoxy) is 2. The lowest BCUT2D eigenvalue weighted by Crippen LogP contribution is -2.20. The van der Waals surface area contributed by atoms with Crippen LogP contribution in [0.3, 0.4) is 0 Å². The lowest BCUT2D eigenvalue weighted by Gasteiger charge is -2.12. The molecule has 0 aliphatic carbocycles. The summed E-state index contributed by atoms with van der Waals surface area (Å²) < 4.78 is 13.2. The second-order valence-electron chi connectivity index (χ2n) is 5.76. The Morgan fingerprint density at radius 2 is 1.96 bits per heavy atom. The van der Waals surface area contributed by atoms with E-state index in [9.17, 15) is 4.79 Å². The molecule has 0 atom stereocenters. The van der Waals surface area contributed by atoms with Crippen molar-refractivity contribution in [2.75, 3.05) is 18.5 Å². The number of rotatable bonds is 6. The van der Waals surface area contributed by atoms with Gasteiger partial charge in [0.05, 0.1) is 11.3 Å². The summed E-state index contributed by atoms with van der Waals surface area (Å²) in [5.74, 6) is 1.20. The molecule has 0 fully saturated rings.